The summed E-state index contributed by atoms with van der Waals surface area (Å²) in [5, 5.41) is 41.2. The molecule has 0 bridgehead atoms. The SMILES string of the molecule is [N-]=[N+]=NC(=O)CCCCCCCCO[C@@H]1O[C@H](CO)[C@H](O)[C@H](O)[C@H]1O. The minimum Gasteiger partial charge on any atom is -0.394 e. The monoisotopic (exact) mass is 361 g/mol. The third-order valence-electron chi connectivity index (χ3n) is 4.07. The zero-order valence-corrected chi connectivity index (χ0v) is 14.1. The zero-order valence-electron chi connectivity index (χ0n) is 14.1. The number of carbonyl (C=O) groups excluding carboxylic acids is 1. The van der Waals surface area contributed by atoms with Gasteiger partial charge in [-0.05, 0) is 23.5 Å². The van der Waals surface area contributed by atoms with Crippen molar-refractivity contribution in [3.05, 3.63) is 10.4 Å². The average molecular weight is 361 g/mol. The van der Waals surface area contributed by atoms with Crippen LogP contribution in [0.5, 0.6) is 0 Å². The van der Waals surface area contributed by atoms with E-state index < -0.39 is 43.2 Å². The van der Waals surface area contributed by atoms with Crippen molar-refractivity contribution in [2.75, 3.05) is 13.2 Å². The second-order valence-corrected chi connectivity index (χ2v) is 6.02. The van der Waals surface area contributed by atoms with Gasteiger partial charge in [-0.1, -0.05) is 25.7 Å². The van der Waals surface area contributed by atoms with E-state index in [1.807, 2.05) is 0 Å². The molecule has 1 fully saturated rings. The van der Waals surface area contributed by atoms with E-state index in [9.17, 15) is 20.1 Å². The van der Waals surface area contributed by atoms with Gasteiger partial charge in [-0.3, -0.25) is 4.79 Å². The van der Waals surface area contributed by atoms with Crippen LogP contribution >= 0.6 is 0 Å². The van der Waals surface area contributed by atoms with Gasteiger partial charge in [-0.25, -0.2) is 0 Å². The van der Waals surface area contributed by atoms with Crippen LogP contribution in [0.4, 0.5) is 0 Å². The Morgan fingerprint density at radius 3 is 2.32 bits per heavy atom. The van der Waals surface area contributed by atoms with E-state index in [0.717, 1.165) is 32.1 Å². The van der Waals surface area contributed by atoms with E-state index in [2.05, 4.69) is 10.0 Å². The van der Waals surface area contributed by atoms with Gasteiger partial charge in [-0.2, -0.15) is 0 Å². The van der Waals surface area contributed by atoms with E-state index in [1.165, 1.54) is 0 Å². The maximum absolute atomic E-state index is 11.0. The molecule has 1 aliphatic heterocycles. The molecule has 1 rings (SSSR count). The molecule has 0 aromatic carbocycles. The Hall–Kier alpha value is -1.26. The molecule has 25 heavy (non-hydrogen) atoms. The lowest BCUT2D eigenvalue weighted by Crippen LogP contribution is -2.59. The Labute approximate surface area is 146 Å². The van der Waals surface area contributed by atoms with Crippen LogP contribution in [0.15, 0.2) is 5.11 Å². The molecule has 5 atom stereocenters. The molecule has 0 aromatic heterocycles. The van der Waals surface area contributed by atoms with E-state index in [-0.39, 0.29) is 6.42 Å². The first-order valence-corrected chi connectivity index (χ1v) is 8.51. The molecule has 144 valence electrons. The number of aliphatic hydroxyl groups is 4. The second kappa shape index (κ2) is 12.2. The minimum absolute atomic E-state index is 0.268. The maximum atomic E-state index is 11.0. The fraction of sp³-hybridized carbons (Fsp3) is 0.933. The summed E-state index contributed by atoms with van der Waals surface area (Å²) < 4.78 is 10.6. The lowest BCUT2D eigenvalue weighted by molar-refractivity contribution is -0.301. The highest BCUT2D eigenvalue weighted by Crippen LogP contribution is 2.22. The van der Waals surface area contributed by atoms with E-state index in [4.69, 9.17) is 20.1 Å². The van der Waals surface area contributed by atoms with Crippen LogP contribution in [0.2, 0.25) is 0 Å². The fourth-order valence-electron chi connectivity index (χ4n) is 2.59. The van der Waals surface area contributed by atoms with Crippen molar-refractivity contribution in [1.82, 2.24) is 0 Å². The number of azide groups is 1. The highest BCUT2D eigenvalue weighted by Gasteiger charge is 2.43. The Kier molecular flexibility index (Phi) is 10.6. The lowest BCUT2D eigenvalue weighted by atomic mass is 9.99. The van der Waals surface area contributed by atoms with Crippen molar-refractivity contribution in [2.24, 2.45) is 5.11 Å². The molecular formula is C15H27N3O7. The number of nitrogens with zero attached hydrogens (tertiary/aromatic N) is 3. The predicted octanol–water partition coefficient (Wildman–Crippen LogP) is 0.370. The molecule has 10 heteroatoms. The normalized spacial score (nSPS) is 29.2. The predicted molar refractivity (Wildman–Crippen MR) is 86.2 cm³/mol. The molecule has 1 aliphatic rings. The number of aliphatic hydroxyl groups excluding tert-OH is 4. The van der Waals surface area contributed by atoms with Crippen molar-refractivity contribution in [1.29, 1.82) is 0 Å². The Morgan fingerprint density at radius 1 is 1.04 bits per heavy atom. The number of rotatable bonds is 11. The van der Waals surface area contributed by atoms with Crippen molar-refractivity contribution < 1.29 is 34.7 Å². The topological polar surface area (TPSA) is 165 Å². The van der Waals surface area contributed by atoms with E-state index >= 15 is 0 Å². The van der Waals surface area contributed by atoms with Crippen LogP contribution in [-0.2, 0) is 14.3 Å². The number of carbonyl (C=O) groups is 1. The molecule has 0 saturated carbocycles. The summed E-state index contributed by atoms with van der Waals surface area (Å²) in [7, 11) is 0. The molecule has 1 amide bonds. The number of unbranched alkanes of at least 4 members (excludes halogenated alkanes) is 5. The zero-order chi connectivity index (χ0) is 18.7. The third-order valence-corrected chi connectivity index (χ3v) is 4.07. The first-order valence-electron chi connectivity index (χ1n) is 8.51. The molecule has 4 N–H and O–H groups in total. The highest BCUT2D eigenvalue weighted by molar-refractivity contribution is 5.76. The van der Waals surface area contributed by atoms with E-state index in [0.29, 0.717) is 13.0 Å². The summed E-state index contributed by atoms with van der Waals surface area (Å²) >= 11 is 0. The summed E-state index contributed by atoms with van der Waals surface area (Å²) in [4.78, 5) is 13.4. The molecule has 0 radical (unpaired) electrons. The Balaban J connectivity index is 2.07. The summed E-state index contributed by atoms with van der Waals surface area (Å²) in [6.07, 6.45) is -0.866. The number of amides is 1. The van der Waals surface area contributed by atoms with Gasteiger partial charge >= 0.3 is 0 Å². The Morgan fingerprint density at radius 2 is 1.68 bits per heavy atom. The van der Waals surface area contributed by atoms with Crippen molar-refractivity contribution in [2.45, 2.75) is 75.7 Å². The molecule has 1 saturated heterocycles. The summed E-state index contributed by atoms with van der Waals surface area (Å²) in [5.41, 5.74) is 8.09. The van der Waals surface area contributed by atoms with Crippen molar-refractivity contribution >= 4 is 5.91 Å². The fourth-order valence-corrected chi connectivity index (χ4v) is 2.59. The number of ether oxygens (including phenoxy) is 2. The summed E-state index contributed by atoms with van der Waals surface area (Å²) in [6, 6.07) is 0. The van der Waals surface area contributed by atoms with Crippen LogP contribution in [0, 0.1) is 0 Å². The number of hydrogen-bond donors (Lipinski definition) is 4. The first kappa shape index (κ1) is 21.8. The molecule has 0 aromatic rings. The second-order valence-electron chi connectivity index (χ2n) is 6.02. The highest BCUT2D eigenvalue weighted by atomic mass is 16.7. The van der Waals surface area contributed by atoms with Crippen LogP contribution in [-0.4, -0.2) is 70.3 Å². The van der Waals surface area contributed by atoms with Crippen molar-refractivity contribution in [3.63, 3.8) is 0 Å². The maximum Gasteiger partial charge on any atom is 0.218 e. The molecule has 1 heterocycles. The smallest absolute Gasteiger partial charge is 0.218 e. The van der Waals surface area contributed by atoms with Gasteiger partial charge in [-0.15, -0.1) is 0 Å². The van der Waals surface area contributed by atoms with E-state index in [1.54, 1.807) is 0 Å². The van der Waals surface area contributed by atoms with Gasteiger partial charge in [0.15, 0.2) is 6.29 Å². The van der Waals surface area contributed by atoms with Crippen LogP contribution < -0.4 is 0 Å². The van der Waals surface area contributed by atoms with Gasteiger partial charge < -0.3 is 29.9 Å². The van der Waals surface area contributed by atoms with Crippen LogP contribution in [0.25, 0.3) is 10.4 Å². The summed E-state index contributed by atoms with van der Waals surface area (Å²) in [6.45, 7) is -0.162. The molecule has 0 aliphatic carbocycles. The molecular weight excluding hydrogens is 334 g/mol. The molecule has 0 unspecified atom stereocenters. The summed E-state index contributed by atoms with van der Waals surface area (Å²) in [5.74, 6) is -0.435. The van der Waals surface area contributed by atoms with Crippen molar-refractivity contribution in [3.8, 4) is 0 Å². The molecule has 0 spiro atoms. The Bertz CT molecular complexity index is 443. The van der Waals surface area contributed by atoms with Gasteiger partial charge in [0.25, 0.3) is 0 Å². The quantitative estimate of drug-likeness (QED) is 0.178. The van der Waals surface area contributed by atoms with Gasteiger partial charge in [0.05, 0.1) is 6.61 Å². The number of hydrogen-bond acceptors (Lipinski definition) is 7. The standard InChI is InChI=1S/C15H27N3O7/c16-18-17-11(20)7-5-3-1-2-4-6-8-24-15-14(23)13(22)12(21)10(9-19)25-15/h10,12-15,19,21-23H,1-9H2/t10-,12+,13+,14-,15-/m1/s1. The minimum atomic E-state index is -1.43. The average Bonchev–Trinajstić information content (AvgIpc) is 2.60. The first-order chi connectivity index (χ1) is 12.0. The van der Waals surface area contributed by atoms with Gasteiger partial charge in [0, 0.05) is 17.9 Å². The van der Waals surface area contributed by atoms with Gasteiger partial charge in [0.2, 0.25) is 5.91 Å². The van der Waals surface area contributed by atoms with Crippen LogP contribution in [0.1, 0.15) is 44.9 Å². The lowest BCUT2D eigenvalue weighted by Gasteiger charge is -2.39. The largest absolute Gasteiger partial charge is 0.394 e. The van der Waals surface area contributed by atoms with Crippen LogP contribution in [0.3, 0.4) is 0 Å². The van der Waals surface area contributed by atoms with Gasteiger partial charge in [0.1, 0.15) is 24.4 Å². The molecule has 10 nitrogen and oxygen atoms in total. The third kappa shape index (κ3) is 7.66.